The Hall–Kier alpha value is -1.13. The first-order valence-corrected chi connectivity index (χ1v) is 5.25. The Morgan fingerprint density at radius 1 is 1.24 bits per heavy atom. The number of nitrogen functional groups attached to an aromatic ring is 1. The zero-order valence-electron chi connectivity index (χ0n) is 9.50. The van der Waals surface area contributed by atoms with E-state index in [0.29, 0.717) is 5.69 Å². The number of aromatic nitrogens is 1. The van der Waals surface area contributed by atoms with Gasteiger partial charge in [0, 0.05) is 18.9 Å². The molecule has 0 spiro atoms. The van der Waals surface area contributed by atoms with Crippen LogP contribution in [-0.4, -0.2) is 16.5 Å². The molecule has 0 bridgehead atoms. The minimum Gasteiger partial charge on any atom is -0.397 e. The quantitative estimate of drug-likeness (QED) is 0.872. The smallest absolute Gasteiger partial charge is 0.0745 e. The van der Waals surface area contributed by atoms with Crippen LogP contribution in [0.1, 0.15) is 19.3 Å². The minimum absolute atomic E-state index is 0. The predicted octanol–water partition coefficient (Wildman–Crippen LogP) is 2.83. The third kappa shape index (κ3) is 5.15. The molecule has 0 radical (unpaired) electrons. The van der Waals surface area contributed by atoms with Crippen LogP contribution in [0.25, 0.3) is 0 Å². The molecule has 4 nitrogen and oxygen atoms in total. The molecule has 0 saturated heterocycles. The number of anilines is 2. The van der Waals surface area contributed by atoms with E-state index in [9.17, 15) is 0 Å². The second-order valence-corrected chi connectivity index (χ2v) is 3.69. The molecule has 6 heteroatoms. The van der Waals surface area contributed by atoms with E-state index in [1.54, 1.807) is 12.4 Å². The molecule has 1 aromatic heterocycles. The van der Waals surface area contributed by atoms with Crippen molar-refractivity contribution >= 4 is 36.2 Å². The molecule has 17 heavy (non-hydrogen) atoms. The lowest BCUT2D eigenvalue weighted by Gasteiger charge is -2.21. The molecule has 1 aliphatic heterocycles. The van der Waals surface area contributed by atoms with E-state index < -0.39 is 0 Å². The van der Waals surface area contributed by atoms with E-state index >= 15 is 0 Å². The number of nitrogens with zero attached hydrogens (tertiary/aromatic N) is 2. The number of hydrazine groups is 1. The van der Waals surface area contributed by atoms with Gasteiger partial charge in [0.15, 0.2) is 0 Å². The summed E-state index contributed by atoms with van der Waals surface area (Å²) in [5.41, 5.74) is 10.5. The fourth-order valence-electron chi connectivity index (χ4n) is 1.60. The van der Waals surface area contributed by atoms with E-state index in [0.717, 1.165) is 18.7 Å². The van der Waals surface area contributed by atoms with E-state index in [-0.39, 0.29) is 24.8 Å². The Balaban J connectivity index is 0.00000128. The second kappa shape index (κ2) is 8.03. The molecule has 96 valence electrons. The Labute approximate surface area is 114 Å². The van der Waals surface area contributed by atoms with Crippen LogP contribution in [0.3, 0.4) is 0 Å². The van der Waals surface area contributed by atoms with Gasteiger partial charge in [-0.05, 0) is 25.3 Å². The third-order valence-electron chi connectivity index (χ3n) is 2.34. The Morgan fingerprint density at radius 2 is 2.06 bits per heavy atom. The topological polar surface area (TPSA) is 54.2 Å². The van der Waals surface area contributed by atoms with Crippen molar-refractivity contribution in [1.29, 1.82) is 0 Å². The average molecular weight is 277 g/mol. The molecule has 2 rings (SSSR count). The molecule has 0 aromatic carbocycles. The van der Waals surface area contributed by atoms with Crippen molar-refractivity contribution in [1.82, 2.24) is 9.99 Å². The van der Waals surface area contributed by atoms with E-state index in [2.05, 4.69) is 27.7 Å². The van der Waals surface area contributed by atoms with Crippen LogP contribution >= 0.6 is 24.8 Å². The predicted molar refractivity (Wildman–Crippen MR) is 76.5 cm³/mol. The van der Waals surface area contributed by atoms with Crippen molar-refractivity contribution in [3.8, 4) is 0 Å². The lowest BCUT2D eigenvalue weighted by Crippen LogP contribution is -2.24. The minimum atomic E-state index is 0. The first kappa shape index (κ1) is 15.9. The maximum atomic E-state index is 5.66. The number of halogens is 2. The van der Waals surface area contributed by atoms with Gasteiger partial charge in [-0.3, -0.25) is 15.4 Å². The van der Waals surface area contributed by atoms with Crippen LogP contribution in [0.2, 0.25) is 0 Å². The lowest BCUT2D eigenvalue weighted by molar-refractivity contribution is 0.442. The van der Waals surface area contributed by atoms with Crippen LogP contribution in [0.5, 0.6) is 0 Å². The highest BCUT2D eigenvalue weighted by atomic mass is 35.5. The number of nitrogens with two attached hydrogens (primary N) is 1. The first-order chi connectivity index (χ1) is 7.34. The SMILES string of the molecule is Cl.Cl.Nc1cncc(NN2C=CCCCC2)c1. The van der Waals surface area contributed by atoms with Gasteiger partial charge in [-0.2, -0.15) is 0 Å². The summed E-state index contributed by atoms with van der Waals surface area (Å²) in [4.78, 5) is 4.03. The standard InChI is InChI=1S/C11H16N4.2ClH/c12-10-7-11(9-13-8-10)14-15-5-3-1-2-4-6-15;;/h3,5,7-9,14H,1-2,4,6,12H2;2*1H. The summed E-state index contributed by atoms with van der Waals surface area (Å²) in [5.74, 6) is 0. The van der Waals surface area contributed by atoms with E-state index in [1.165, 1.54) is 12.8 Å². The fourth-order valence-corrected chi connectivity index (χ4v) is 1.60. The summed E-state index contributed by atoms with van der Waals surface area (Å²) in [5, 5.41) is 2.07. The monoisotopic (exact) mass is 276 g/mol. The van der Waals surface area contributed by atoms with Crippen molar-refractivity contribution in [3.05, 3.63) is 30.7 Å². The van der Waals surface area contributed by atoms with Crippen LogP contribution in [-0.2, 0) is 0 Å². The van der Waals surface area contributed by atoms with Gasteiger partial charge in [0.2, 0.25) is 0 Å². The molecule has 2 heterocycles. The van der Waals surface area contributed by atoms with Crippen LogP contribution in [0, 0.1) is 0 Å². The van der Waals surface area contributed by atoms with Gasteiger partial charge in [-0.25, -0.2) is 0 Å². The molecular formula is C11H18Cl2N4. The van der Waals surface area contributed by atoms with Gasteiger partial charge in [0.1, 0.15) is 0 Å². The van der Waals surface area contributed by atoms with E-state index in [4.69, 9.17) is 5.73 Å². The average Bonchev–Trinajstić information content (AvgIpc) is 2.46. The van der Waals surface area contributed by atoms with Crippen molar-refractivity contribution in [2.24, 2.45) is 0 Å². The highest BCUT2D eigenvalue weighted by Crippen LogP contribution is 2.13. The van der Waals surface area contributed by atoms with Crippen LogP contribution in [0.4, 0.5) is 11.4 Å². The maximum absolute atomic E-state index is 5.66. The van der Waals surface area contributed by atoms with Crippen molar-refractivity contribution < 1.29 is 0 Å². The second-order valence-electron chi connectivity index (χ2n) is 3.69. The zero-order valence-corrected chi connectivity index (χ0v) is 11.1. The highest BCUT2D eigenvalue weighted by molar-refractivity contribution is 5.85. The Kier molecular flexibility index (Phi) is 7.50. The normalized spacial score (nSPS) is 14.2. The molecule has 3 N–H and O–H groups in total. The number of allylic oxidation sites excluding steroid dienone is 1. The van der Waals surface area contributed by atoms with Crippen LogP contribution < -0.4 is 11.2 Å². The molecule has 0 unspecified atom stereocenters. The summed E-state index contributed by atoms with van der Waals surface area (Å²) in [6.45, 7) is 1.02. The zero-order chi connectivity index (χ0) is 10.5. The molecule has 0 aliphatic carbocycles. The number of hydrogen-bond donors (Lipinski definition) is 2. The van der Waals surface area contributed by atoms with Crippen molar-refractivity contribution in [3.63, 3.8) is 0 Å². The maximum Gasteiger partial charge on any atom is 0.0745 e. The third-order valence-corrected chi connectivity index (χ3v) is 2.34. The van der Waals surface area contributed by atoms with Gasteiger partial charge >= 0.3 is 0 Å². The van der Waals surface area contributed by atoms with Gasteiger partial charge in [0.05, 0.1) is 17.6 Å². The Bertz CT molecular complexity index is 357. The Morgan fingerprint density at radius 3 is 2.82 bits per heavy atom. The lowest BCUT2D eigenvalue weighted by atomic mass is 10.2. The molecule has 0 saturated carbocycles. The summed E-state index contributed by atoms with van der Waals surface area (Å²) in [6.07, 6.45) is 11.3. The number of hydrogen-bond acceptors (Lipinski definition) is 4. The summed E-state index contributed by atoms with van der Waals surface area (Å²) < 4.78 is 0. The molecule has 0 fully saturated rings. The summed E-state index contributed by atoms with van der Waals surface area (Å²) in [7, 11) is 0. The van der Waals surface area contributed by atoms with Crippen LogP contribution in [0.15, 0.2) is 30.7 Å². The molecule has 1 aromatic rings. The molecule has 0 amide bonds. The molecule has 1 aliphatic rings. The molecule has 0 atom stereocenters. The number of pyridine rings is 1. The summed E-state index contributed by atoms with van der Waals surface area (Å²) in [6, 6.07) is 1.88. The van der Waals surface area contributed by atoms with Gasteiger partial charge in [0.25, 0.3) is 0 Å². The number of rotatable bonds is 2. The largest absolute Gasteiger partial charge is 0.397 e. The highest BCUT2D eigenvalue weighted by Gasteiger charge is 2.02. The van der Waals surface area contributed by atoms with Gasteiger partial charge in [-0.1, -0.05) is 6.08 Å². The fraction of sp³-hybridized carbons (Fsp3) is 0.364. The first-order valence-electron chi connectivity index (χ1n) is 5.25. The molecular weight excluding hydrogens is 259 g/mol. The van der Waals surface area contributed by atoms with Gasteiger partial charge < -0.3 is 5.73 Å². The van der Waals surface area contributed by atoms with Crippen molar-refractivity contribution in [2.45, 2.75) is 19.3 Å². The van der Waals surface area contributed by atoms with E-state index in [1.807, 2.05) is 6.07 Å². The van der Waals surface area contributed by atoms with Crippen molar-refractivity contribution in [2.75, 3.05) is 17.7 Å². The summed E-state index contributed by atoms with van der Waals surface area (Å²) >= 11 is 0. The van der Waals surface area contributed by atoms with Gasteiger partial charge in [-0.15, -0.1) is 24.8 Å². The number of nitrogens with one attached hydrogen (secondary N) is 1.